The van der Waals surface area contributed by atoms with E-state index in [1.165, 1.54) is 24.8 Å². The largest absolute Gasteiger partial charge is 0.322 e. The first-order chi connectivity index (χ1) is 14.0. The van der Waals surface area contributed by atoms with Crippen molar-refractivity contribution in [1.29, 1.82) is 0 Å². The molecule has 1 aliphatic heterocycles. The van der Waals surface area contributed by atoms with Crippen molar-refractivity contribution in [1.82, 2.24) is 14.7 Å². The van der Waals surface area contributed by atoms with Crippen LogP contribution in [0.2, 0.25) is 0 Å². The van der Waals surface area contributed by atoms with Gasteiger partial charge in [0, 0.05) is 31.1 Å². The van der Waals surface area contributed by atoms with E-state index in [4.69, 9.17) is 11.6 Å². The Kier molecular flexibility index (Phi) is 6.13. The number of carbonyl (C=O) groups excluding carboxylic acids is 1. The number of hydrogen-bond donors (Lipinski definition) is 0. The van der Waals surface area contributed by atoms with Crippen LogP contribution in [0.1, 0.15) is 56.9 Å². The van der Waals surface area contributed by atoms with Gasteiger partial charge in [0.05, 0.1) is 5.54 Å². The fourth-order valence-electron chi connectivity index (χ4n) is 5.81. The highest BCUT2D eigenvalue weighted by atomic mass is 35.5. The van der Waals surface area contributed by atoms with Gasteiger partial charge in [0.1, 0.15) is 0 Å². The van der Waals surface area contributed by atoms with Crippen LogP contribution in [0, 0.1) is 5.92 Å². The Balaban J connectivity index is 1.56. The van der Waals surface area contributed by atoms with Crippen molar-refractivity contribution < 1.29 is 4.79 Å². The summed E-state index contributed by atoms with van der Waals surface area (Å²) in [4.78, 5) is 20.1. The van der Waals surface area contributed by atoms with Gasteiger partial charge < -0.3 is 9.80 Å². The Morgan fingerprint density at radius 3 is 2.34 bits per heavy atom. The molecule has 3 aliphatic rings. The molecule has 29 heavy (non-hydrogen) atoms. The molecule has 1 aromatic carbocycles. The molecule has 1 heterocycles. The number of alkyl halides is 1. The predicted octanol–water partition coefficient (Wildman–Crippen LogP) is 4.92. The highest BCUT2D eigenvalue weighted by Gasteiger charge is 2.54. The first kappa shape index (κ1) is 21.0. The van der Waals surface area contributed by atoms with Gasteiger partial charge in [0.2, 0.25) is 0 Å². The van der Waals surface area contributed by atoms with Crippen LogP contribution in [-0.2, 0) is 5.54 Å². The van der Waals surface area contributed by atoms with E-state index in [2.05, 4.69) is 59.1 Å². The molecular formula is C24H36ClN3O. The Morgan fingerprint density at radius 2 is 1.79 bits per heavy atom. The lowest BCUT2D eigenvalue weighted by Gasteiger charge is -2.51. The molecule has 1 aromatic rings. The van der Waals surface area contributed by atoms with Crippen molar-refractivity contribution in [2.24, 2.45) is 5.92 Å². The van der Waals surface area contributed by atoms with Gasteiger partial charge in [-0.3, -0.25) is 4.90 Å². The van der Waals surface area contributed by atoms with Crippen LogP contribution in [0.5, 0.6) is 0 Å². The Labute approximate surface area is 181 Å². The summed E-state index contributed by atoms with van der Waals surface area (Å²) in [6, 6.07) is 11.2. The number of hydrogen-bond acceptors (Lipinski definition) is 2. The first-order valence-corrected chi connectivity index (χ1v) is 11.9. The topological polar surface area (TPSA) is 26.8 Å². The number of halogens is 1. The molecule has 2 amide bonds. The van der Waals surface area contributed by atoms with Crippen LogP contribution in [0.3, 0.4) is 0 Å². The quantitative estimate of drug-likeness (QED) is 0.588. The molecule has 0 radical (unpaired) electrons. The minimum atomic E-state index is 0.00722. The van der Waals surface area contributed by atoms with Crippen LogP contribution in [0.15, 0.2) is 30.3 Å². The molecule has 3 fully saturated rings. The molecule has 4 nitrogen and oxygen atoms in total. The number of rotatable bonds is 7. The molecule has 160 valence electrons. The molecule has 0 N–H and O–H groups in total. The molecule has 1 spiro atoms. The Morgan fingerprint density at radius 1 is 1.10 bits per heavy atom. The van der Waals surface area contributed by atoms with E-state index in [9.17, 15) is 4.79 Å². The maximum atomic E-state index is 13.3. The first-order valence-electron chi connectivity index (χ1n) is 11.4. The zero-order valence-electron chi connectivity index (χ0n) is 18.1. The third-order valence-corrected chi connectivity index (χ3v) is 8.23. The van der Waals surface area contributed by atoms with Crippen LogP contribution in [0.25, 0.3) is 0 Å². The second-order valence-electron chi connectivity index (χ2n) is 9.67. The van der Waals surface area contributed by atoms with E-state index >= 15 is 0 Å². The average Bonchev–Trinajstić information content (AvgIpc) is 2.95. The normalized spacial score (nSPS) is 30.4. The Hall–Kier alpha value is -1.26. The summed E-state index contributed by atoms with van der Waals surface area (Å²) >= 11 is 5.94. The van der Waals surface area contributed by atoms with Crippen LogP contribution < -0.4 is 0 Å². The molecule has 4 rings (SSSR count). The lowest BCUT2D eigenvalue weighted by atomic mass is 9.68. The van der Waals surface area contributed by atoms with Gasteiger partial charge in [-0.2, -0.15) is 0 Å². The van der Waals surface area contributed by atoms with E-state index in [1.807, 2.05) is 0 Å². The van der Waals surface area contributed by atoms with E-state index in [-0.39, 0.29) is 17.1 Å². The highest BCUT2D eigenvalue weighted by Crippen LogP contribution is 2.49. The van der Waals surface area contributed by atoms with Gasteiger partial charge >= 0.3 is 6.03 Å². The second kappa shape index (κ2) is 8.47. The van der Waals surface area contributed by atoms with Gasteiger partial charge in [-0.15, -0.1) is 11.6 Å². The maximum Gasteiger partial charge on any atom is 0.320 e. The zero-order chi connectivity index (χ0) is 20.5. The number of urea groups is 1. The maximum absolute atomic E-state index is 13.3. The fourth-order valence-corrected chi connectivity index (χ4v) is 5.93. The fraction of sp³-hybridized carbons (Fsp3) is 0.708. The summed E-state index contributed by atoms with van der Waals surface area (Å²) in [5, 5.41) is 0. The number of benzene rings is 1. The van der Waals surface area contributed by atoms with Gasteiger partial charge in [-0.05, 0) is 70.5 Å². The smallest absolute Gasteiger partial charge is 0.320 e. The molecule has 0 aromatic heterocycles. The average molecular weight is 418 g/mol. The number of nitrogens with zero attached hydrogens (tertiary/aromatic N) is 3. The summed E-state index contributed by atoms with van der Waals surface area (Å²) in [6.07, 6.45) is 9.13. The minimum Gasteiger partial charge on any atom is -0.322 e. The van der Waals surface area contributed by atoms with Crippen molar-refractivity contribution in [3.8, 4) is 0 Å². The number of amides is 2. The van der Waals surface area contributed by atoms with Crippen LogP contribution >= 0.6 is 11.6 Å². The lowest BCUT2D eigenvalue weighted by molar-refractivity contribution is 0.0159. The third-order valence-electron chi connectivity index (χ3n) is 7.96. The van der Waals surface area contributed by atoms with Gasteiger partial charge in [0.15, 0.2) is 0 Å². The lowest BCUT2D eigenvalue weighted by Crippen LogP contribution is -2.56. The number of carbonyl (C=O) groups is 1. The van der Waals surface area contributed by atoms with Crippen LogP contribution in [-0.4, -0.2) is 65.9 Å². The molecular weight excluding hydrogens is 382 g/mol. The standard InChI is InChI=1S/C24H36ClN3O/c1-26(2)24(21-10-4-3-5-11-21)14-12-23(13-15-24)19-27(17-7-16-25)22(29)28(23)18-20-8-6-9-20/h3-5,10-11,20H,6-9,12-19H2,1-2H3/t23-,24-. The predicted molar refractivity (Wildman–Crippen MR) is 119 cm³/mol. The molecule has 5 heteroatoms. The van der Waals surface area contributed by atoms with Crippen molar-refractivity contribution in [2.45, 2.75) is 62.4 Å². The van der Waals surface area contributed by atoms with Crippen molar-refractivity contribution in [3.63, 3.8) is 0 Å². The summed E-state index contributed by atoms with van der Waals surface area (Å²) in [7, 11) is 4.42. The summed E-state index contributed by atoms with van der Waals surface area (Å²) in [5.74, 6) is 1.33. The van der Waals surface area contributed by atoms with E-state index in [1.54, 1.807) is 0 Å². The SMILES string of the molecule is CN(C)[C@]1(c2ccccc2)CC[C@@]2(CC1)CN(CCCCl)C(=O)N2CC1CCC1. The molecule has 2 aliphatic carbocycles. The van der Waals surface area contributed by atoms with E-state index < -0.39 is 0 Å². The summed E-state index contributed by atoms with van der Waals surface area (Å²) in [5.41, 5.74) is 1.49. The molecule has 0 bridgehead atoms. The molecule has 2 saturated carbocycles. The second-order valence-corrected chi connectivity index (χ2v) is 10.0. The van der Waals surface area contributed by atoms with Crippen molar-refractivity contribution in [2.75, 3.05) is 39.6 Å². The summed E-state index contributed by atoms with van der Waals surface area (Å²) in [6.45, 7) is 2.63. The van der Waals surface area contributed by atoms with Gasteiger partial charge in [0.25, 0.3) is 0 Å². The van der Waals surface area contributed by atoms with E-state index in [0.717, 1.165) is 51.7 Å². The monoisotopic (exact) mass is 417 g/mol. The zero-order valence-corrected chi connectivity index (χ0v) is 18.8. The van der Waals surface area contributed by atoms with Gasteiger partial charge in [-0.25, -0.2) is 4.79 Å². The van der Waals surface area contributed by atoms with Crippen molar-refractivity contribution >= 4 is 17.6 Å². The van der Waals surface area contributed by atoms with Crippen LogP contribution in [0.4, 0.5) is 4.79 Å². The third kappa shape index (κ3) is 3.79. The Bertz CT molecular complexity index is 695. The molecule has 0 unspecified atom stereocenters. The van der Waals surface area contributed by atoms with E-state index in [0.29, 0.717) is 11.8 Å². The summed E-state index contributed by atoms with van der Waals surface area (Å²) < 4.78 is 0. The molecule has 1 saturated heterocycles. The van der Waals surface area contributed by atoms with Gasteiger partial charge in [-0.1, -0.05) is 36.8 Å². The minimum absolute atomic E-state index is 0.00722. The molecule has 0 atom stereocenters. The van der Waals surface area contributed by atoms with Crippen molar-refractivity contribution in [3.05, 3.63) is 35.9 Å². The highest BCUT2D eigenvalue weighted by molar-refractivity contribution is 6.17.